The van der Waals surface area contributed by atoms with Gasteiger partial charge in [-0.3, -0.25) is 0 Å². The Bertz CT molecular complexity index is 514. The second-order valence-electron chi connectivity index (χ2n) is 3.21. The zero-order valence-corrected chi connectivity index (χ0v) is 8.80. The van der Waals surface area contributed by atoms with Gasteiger partial charge in [-0.05, 0) is 12.1 Å². The number of nitrogens with two attached hydrogens (primary N) is 2. The van der Waals surface area contributed by atoms with E-state index in [0.29, 0.717) is 11.6 Å². The Labute approximate surface area is 96.5 Å². The van der Waals surface area contributed by atoms with Crippen molar-refractivity contribution in [1.82, 2.24) is 15.0 Å². The Morgan fingerprint density at radius 3 is 2.47 bits per heavy atom. The molecule has 2 aromatic rings. The van der Waals surface area contributed by atoms with Gasteiger partial charge in [0.05, 0.1) is 0 Å². The first-order chi connectivity index (χ1) is 8.13. The van der Waals surface area contributed by atoms with E-state index in [1.165, 1.54) is 12.1 Å². The summed E-state index contributed by atoms with van der Waals surface area (Å²) in [6.45, 7) is 0.0420. The van der Waals surface area contributed by atoms with Crippen molar-refractivity contribution in [2.75, 3.05) is 11.5 Å². The van der Waals surface area contributed by atoms with E-state index in [9.17, 15) is 4.39 Å². The van der Waals surface area contributed by atoms with Gasteiger partial charge in [-0.1, -0.05) is 6.07 Å². The first-order valence-corrected chi connectivity index (χ1v) is 4.78. The van der Waals surface area contributed by atoms with Gasteiger partial charge in [0.25, 0.3) is 0 Å². The van der Waals surface area contributed by atoms with Gasteiger partial charge in [0.15, 0.2) is 5.82 Å². The Balaban J connectivity index is 2.07. The highest BCUT2D eigenvalue weighted by molar-refractivity contribution is 5.26. The molecule has 0 amide bonds. The highest BCUT2D eigenvalue weighted by Gasteiger charge is 2.03. The number of benzene rings is 1. The molecule has 88 valence electrons. The smallest absolute Gasteiger partial charge is 0.225 e. The fourth-order valence-corrected chi connectivity index (χ4v) is 1.23. The highest BCUT2D eigenvalue weighted by atomic mass is 19.1. The number of halogens is 1. The van der Waals surface area contributed by atoms with Crippen LogP contribution in [-0.2, 0) is 6.61 Å². The van der Waals surface area contributed by atoms with Crippen molar-refractivity contribution < 1.29 is 9.13 Å². The Hall–Kier alpha value is -2.44. The number of ether oxygens (including phenoxy) is 1. The summed E-state index contributed by atoms with van der Waals surface area (Å²) in [7, 11) is 0. The first kappa shape index (κ1) is 11.1. The molecule has 7 heteroatoms. The van der Waals surface area contributed by atoms with Crippen molar-refractivity contribution in [3.63, 3.8) is 0 Å². The summed E-state index contributed by atoms with van der Waals surface area (Å²) < 4.78 is 18.1. The number of nitrogens with zero attached hydrogens (tertiary/aromatic N) is 3. The van der Waals surface area contributed by atoms with E-state index in [4.69, 9.17) is 16.2 Å². The summed E-state index contributed by atoms with van der Waals surface area (Å²) in [5, 5.41) is 0. The van der Waals surface area contributed by atoms with Crippen LogP contribution in [0.2, 0.25) is 0 Å². The van der Waals surface area contributed by atoms with Crippen LogP contribution in [0.5, 0.6) is 5.75 Å². The maximum atomic E-state index is 12.9. The molecular formula is C10H10FN5O. The van der Waals surface area contributed by atoms with E-state index >= 15 is 0 Å². The lowest BCUT2D eigenvalue weighted by Gasteiger charge is -2.05. The van der Waals surface area contributed by atoms with Crippen LogP contribution in [0.1, 0.15) is 5.82 Å². The average molecular weight is 235 g/mol. The quantitative estimate of drug-likeness (QED) is 0.814. The zero-order valence-electron chi connectivity index (χ0n) is 8.80. The SMILES string of the molecule is Nc1nc(N)nc(COc2cccc(F)c2)n1. The molecule has 0 aliphatic carbocycles. The van der Waals surface area contributed by atoms with Crippen LogP contribution in [0.3, 0.4) is 0 Å². The molecule has 0 saturated heterocycles. The van der Waals surface area contributed by atoms with Crippen LogP contribution < -0.4 is 16.2 Å². The van der Waals surface area contributed by atoms with Crippen LogP contribution in [-0.4, -0.2) is 15.0 Å². The predicted molar refractivity (Wildman–Crippen MR) is 59.4 cm³/mol. The lowest BCUT2D eigenvalue weighted by Crippen LogP contribution is -2.09. The number of anilines is 2. The Morgan fingerprint density at radius 1 is 1.12 bits per heavy atom. The summed E-state index contributed by atoms with van der Waals surface area (Å²) in [4.78, 5) is 11.3. The molecule has 6 nitrogen and oxygen atoms in total. The number of hydrogen-bond donors (Lipinski definition) is 2. The second kappa shape index (κ2) is 4.60. The van der Waals surface area contributed by atoms with Gasteiger partial charge in [-0.2, -0.15) is 15.0 Å². The molecule has 0 radical (unpaired) electrons. The number of nitrogen functional groups attached to an aromatic ring is 2. The molecule has 0 atom stereocenters. The summed E-state index contributed by atoms with van der Waals surface area (Å²) >= 11 is 0. The third-order valence-electron chi connectivity index (χ3n) is 1.88. The summed E-state index contributed by atoms with van der Waals surface area (Å²) in [5.41, 5.74) is 10.8. The van der Waals surface area contributed by atoms with Crippen LogP contribution in [0, 0.1) is 5.82 Å². The Kier molecular flexibility index (Phi) is 2.99. The van der Waals surface area contributed by atoms with Gasteiger partial charge < -0.3 is 16.2 Å². The molecule has 0 saturated carbocycles. The standard InChI is InChI=1S/C10H10FN5O/c11-6-2-1-3-7(4-6)17-5-8-14-9(12)16-10(13)15-8/h1-4H,5H2,(H4,12,13,14,15,16). The maximum absolute atomic E-state index is 12.9. The van der Waals surface area contributed by atoms with E-state index in [1.807, 2.05) is 0 Å². The topological polar surface area (TPSA) is 99.9 Å². The van der Waals surface area contributed by atoms with Gasteiger partial charge in [0.1, 0.15) is 18.2 Å². The summed E-state index contributed by atoms with van der Waals surface area (Å²) in [6.07, 6.45) is 0. The average Bonchev–Trinajstić information content (AvgIpc) is 2.25. The van der Waals surface area contributed by atoms with E-state index in [1.54, 1.807) is 12.1 Å². The van der Waals surface area contributed by atoms with Crippen molar-refractivity contribution in [2.45, 2.75) is 6.61 Å². The lowest BCUT2D eigenvalue weighted by molar-refractivity contribution is 0.294. The third-order valence-corrected chi connectivity index (χ3v) is 1.88. The minimum absolute atomic E-state index is 0.0235. The van der Waals surface area contributed by atoms with Crippen molar-refractivity contribution in [3.05, 3.63) is 35.9 Å². The van der Waals surface area contributed by atoms with Gasteiger partial charge in [0.2, 0.25) is 11.9 Å². The summed E-state index contributed by atoms with van der Waals surface area (Å²) in [6, 6.07) is 5.75. The van der Waals surface area contributed by atoms with Crippen LogP contribution in [0.25, 0.3) is 0 Å². The predicted octanol–water partition coefficient (Wildman–Crippen LogP) is 0.754. The molecule has 1 aromatic heterocycles. The molecule has 1 heterocycles. The van der Waals surface area contributed by atoms with E-state index < -0.39 is 0 Å². The molecule has 0 bridgehead atoms. The fraction of sp³-hybridized carbons (Fsp3) is 0.100. The van der Waals surface area contributed by atoms with Crippen molar-refractivity contribution >= 4 is 11.9 Å². The fourth-order valence-electron chi connectivity index (χ4n) is 1.23. The Morgan fingerprint density at radius 2 is 1.82 bits per heavy atom. The van der Waals surface area contributed by atoms with Crippen molar-refractivity contribution in [2.24, 2.45) is 0 Å². The van der Waals surface area contributed by atoms with Crippen LogP contribution in [0.4, 0.5) is 16.3 Å². The molecule has 0 aliphatic heterocycles. The van der Waals surface area contributed by atoms with Crippen LogP contribution in [0.15, 0.2) is 24.3 Å². The van der Waals surface area contributed by atoms with Gasteiger partial charge in [0, 0.05) is 6.07 Å². The first-order valence-electron chi connectivity index (χ1n) is 4.78. The molecule has 2 rings (SSSR count). The molecule has 1 aromatic carbocycles. The molecule has 0 spiro atoms. The van der Waals surface area contributed by atoms with Gasteiger partial charge >= 0.3 is 0 Å². The number of aromatic nitrogens is 3. The van der Waals surface area contributed by atoms with Gasteiger partial charge in [-0.25, -0.2) is 4.39 Å². The van der Waals surface area contributed by atoms with Crippen molar-refractivity contribution in [1.29, 1.82) is 0 Å². The molecule has 0 aliphatic rings. The largest absolute Gasteiger partial charge is 0.486 e. The molecule has 0 unspecified atom stereocenters. The molecule has 17 heavy (non-hydrogen) atoms. The zero-order chi connectivity index (χ0) is 12.3. The minimum Gasteiger partial charge on any atom is -0.486 e. The molecule has 4 N–H and O–H groups in total. The van der Waals surface area contributed by atoms with Crippen LogP contribution >= 0.6 is 0 Å². The number of rotatable bonds is 3. The molecular weight excluding hydrogens is 225 g/mol. The maximum Gasteiger partial charge on any atom is 0.225 e. The number of hydrogen-bond acceptors (Lipinski definition) is 6. The highest BCUT2D eigenvalue weighted by Crippen LogP contribution is 2.13. The lowest BCUT2D eigenvalue weighted by atomic mass is 10.3. The van der Waals surface area contributed by atoms with Gasteiger partial charge in [-0.15, -0.1) is 0 Å². The minimum atomic E-state index is -0.378. The normalized spacial score (nSPS) is 10.2. The molecule has 0 fully saturated rings. The van der Waals surface area contributed by atoms with E-state index in [0.717, 1.165) is 0 Å². The van der Waals surface area contributed by atoms with Crippen molar-refractivity contribution in [3.8, 4) is 5.75 Å². The third kappa shape index (κ3) is 3.00. The second-order valence-corrected chi connectivity index (χ2v) is 3.21. The summed E-state index contributed by atoms with van der Waals surface area (Å²) in [5.74, 6) is 0.338. The van der Waals surface area contributed by atoms with E-state index in [2.05, 4.69) is 15.0 Å². The monoisotopic (exact) mass is 235 g/mol. The van der Waals surface area contributed by atoms with E-state index in [-0.39, 0.29) is 24.3 Å².